The van der Waals surface area contributed by atoms with Gasteiger partial charge in [-0.1, -0.05) is 19.3 Å². The normalized spacial score (nSPS) is 19.2. The molecular formula is C10H17NO2. The van der Waals surface area contributed by atoms with Crippen LogP contribution in [0.5, 0.6) is 0 Å². The van der Waals surface area contributed by atoms with E-state index in [1.165, 1.54) is 25.5 Å². The first-order chi connectivity index (χ1) is 6.33. The van der Waals surface area contributed by atoms with Crippen molar-refractivity contribution >= 4 is 12.2 Å². The van der Waals surface area contributed by atoms with Gasteiger partial charge in [-0.15, -0.1) is 0 Å². The lowest BCUT2D eigenvalue weighted by Crippen LogP contribution is -2.12. The van der Waals surface area contributed by atoms with E-state index in [1.807, 2.05) is 0 Å². The third-order valence-electron chi connectivity index (χ3n) is 2.25. The molecule has 0 spiro atoms. The van der Waals surface area contributed by atoms with Crippen molar-refractivity contribution in [3.05, 3.63) is 0 Å². The summed E-state index contributed by atoms with van der Waals surface area (Å²) in [5.74, 6) is -0.312. The first-order valence-corrected chi connectivity index (χ1v) is 5.03. The number of esters is 1. The Morgan fingerprint density at radius 2 is 2.15 bits per heavy atom. The van der Waals surface area contributed by atoms with Crippen molar-refractivity contribution in [2.24, 2.45) is 4.99 Å². The maximum absolute atomic E-state index is 10.9. The SMILES string of the molecule is CCOC(=O)C=NC1CCCCC1. The van der Waals surface area contributed by atoms with Crippen LogP contribution in [0.2, 0.25) is 0 Å². The molecule has 0 amide bonds. The monoisotopic (exact) mass is 183 g/mol. The third kappa shape index (κ3) is 4.06. The largest absolute Gasteiger partial charge is 0.462 e. The quantitative estimate of drug-likeness (QED) is 0.495. The van der Waals surface area contributed by atoms with Crippen molar-refractivity contribution in [3.8, 4) is 0 Å². The smallest absolute Gasteiger partial charge is 0.348 e. The fourth-order valence-corrected chi connectivity index (χ4v) is 1.58. The fourth-order valence-electron chi connectivity index (χ4n) is 1.58. The molecule has 0 atom stereocenters. The van der Waals surface area contributed by atoms with Crippen LogP contribution in [0, 0.1) is 0 Å². The van der Waals surface area contributed by atoms with E-state index >= 15 is 0 Å². The molecule has 1 fully saturated rings. The van der Waals surface area contributed by atoms with Crippen molar-refractivity contribution in [2.45, 2.75) is 45.1 Å². The second kappa shape index (κ2) is 5.73. The van der Waals surface area contributed by atoms with Crippen molar-refractivity contribution in [2.75, 3.05) is 6.61 Å². The molecule has 1 rings (SSSR count). The zero-order valence-electron chi connectivity index (χ0n) is 8.16. The minimum absolute atomic E-state index is 0.312. The van der Waals surface area contributed by atoms with E-state index in [9.17, 15) is 4.79 Å². The number of hydrogen-bond donors (Lipinski definition) is 0. The second-order valence-corrected chi connectivity index (χ2v) is 3.32. The Kier molecular flexibility index (Phi) is 4.50. The molecule has 0 aromatic rings. The predicted octanol–water partition coefficient (Wildman–Crippen LogP) is 1.95. The Morgan fingerprint density at radius 1 is 1.46 bits per heavy atom. The lowest BCUT2D eigenvalue weighted by molar-refractivity contribution is -0.134. The number of nitrogens with zero attached hydrogens (tertiary/aromatic N) is 1. The van der Waals surface area contributed by atoms with Gasteiger partial charge < -0.3 is 4.74 Å². The van der Waals surface area contributed by atoms with Crippen LogP contribution < -0.4 is 0 Å². The minimum atomic E-state index is -0.312. The van der Waals surface area contributed by atoms with Gasteiger partial charge in [-0.05, 0) is 19.8 Å². The molecule has 13 heavy (non-hydrogen) atoms. The van der Waals surface area contributed by atoms with Crippen LogP contribution in [0.25, 0.3) is 0 Å². The van der Waals surface area contributed by atoms with E-state index in [-0.39, 0.29) is 5.97 Å². The Bertz CT molecular complexity index is 183. The third-order valence-corrected chi connectivity index (χ3v) is 2.25. The molecule has 0 unspecified atom stereocenters. The van der Waals surface area contributed by atoms with Gasteiger partial charge in [0.15, 0.2) is 0 Å². The maximum atomic E-state index is 10.9. The lowest BCUT2D eigenvalue weighted by Gasteiger charge is -2.16. The fraction of sp³-hybridized carbons (Fsp3) is 0.800. The van der Waals surface area contributed by atoms with Crippen LogP contribution in [-0.2, 0) is 9.53 Å². The summed E-state index contributed by atoms with van der Waals surface area (Å²) in [4.78, 5) is 15.1. The summed E-state index contributed by atoms with van der Waals surface area (Å²) in [6, 6.07) is 0.359. The molecule has 0 bridgehead atoms. The van der Waals surface area contributed by atoms with Crippen molar-refractivity contribution < 1.29 is 9.53 Å². The molecule has 0 aromatic carbocycles. The van der Waals surface area contributed by atoms with Crippen molar-refractivity contribution in [1.82, 2.24) is 0 Å². The number of carbonyl (C=O) groups is 1. The van der Waals surface area contributed by atoms with Gasteiger partial charge in [-0.2, -0.15) is 0 Å². The molecular weight excluding hydrogens is 166 g/mol. The van der Waals surface area contributed by atoms with Gasteiger partial charge in [-0.3, -0.25) is 4.99 Å². The van der Waals surface area contributed by atoms with E-state index in [4.69, 9.17) is 4.74 Å². The van der Waals surface area contributed by atoms with E-state index < -0.39 is 0 Å². The van der Waals surface area contributed by atoms with Gasteiger partial charge in [-0.25, -0.2) is 4.79 Å². The molecule has 0 aromatic heterocycles. The maximum Gasteiger partial charge on any atom is 0.348 e. The van der Waals surface area contributed by atoms with Crippen LogP contribution in [0.15, 0.2) is 4.99 Å². The van der Waals surface area contributed by atoms with Gasteiger partial charge in [0.2, 0.25) is 0 Å². The molecule has 1 aliphatic carbocycles. The molecule has 3 heteroatoms. The highest BCUT2D eigenvalue weighted by Gasteiger charge is 2.11. The van der Waals surface area contributed by atoms with Gasteiger partial charge in [0.25, 0.3) is 0 Å². The Labute approximate surface area is 79.2 Å². The van der Waals surface area contributed by atoms with Gasteiger partial charge in [0, 0.05) is 0 Å². The first kappa shape index (κ1) is 10.2. The van der Waals surface area contributed by atoms with E-state index in [1.54, 1.807) is 6.92 Å². The summed E-state index contributed by atoms with van der Waals surface area (Å²) in [5.41, 5.74) is 0. The van der Waals surface area contributed by atoms with E-state index in [0.717, 1.165) is 12.8 Å². The van der Waals surface area contributed by atoms with Gasteiger partial charge in [0.1, 0.15) is 6.21 Å². The molecule has 74 valence electrons. The topological polar surface area (TPSA) is 38.7 Å². The minimum Gasteiger partial charge on any atom is -0.462 e. The molecule has 0 radical (unpaired) electrons. The summed E-state index contributed by atoms with van der Waals surface area (Å²) in [6.07, 6.45) is 7.37. The standard InChI is InChI=1S/C10H17NO2/c1-2-13-10(12)8-11-9-6-4-3-5-7-9/h8-9H,2-7H2,1H3. The average molecular weight is 183 g/mol. The average Bonchev–Trinajstić information content (AvgIpc) is 2.17. The number of carbonyl (C=O) groups excluding carboxylic acids is 1. The number of hydrogen-bond acceptors (Lipinski definition) is 3. The van der Waals surface area contributed by atoms with Crippen LogP contribution in [0.1, 0.15) is 39.0 Å². The van der Waals surface area contributed by atoms with E-state index in [2.05, 4.69) is 4.99 Å². The summed E-state index contributed by atoms with van der Waals surface area (Å²) < 4.78 is 4.74. The van der Waals surface area contributed by atoms with E-state index in [0.29, 0.717) is 12.6 Å². The van der Waals surface area contributed by atoms with Crippen molar-refractivity contribution in [3.63, 3.8) is 0 Å². The van der Waals surface area contributed by atoms with Crippen LogP contribution >= 0.6 is 0 Å². The molecule has 0 N–H and O–H groups in total. The highest BCUT2D eigenvalue weighted by molar-refractivity contribution is 6.23. The number of ether oxygens (including phenoxy) is 1. The van der Waals surface area contributed by atoms with Crippen LogP contribution in [0.4, 0.5) is 0 Å². The zero-order valence-corrected chi connectivity index (χ0v) is 8.16. The highest BCUT2D eigenvalue weighted by atomic mass is 16.5. The highest BCUT2D eigenvalue weighted by Crippen LogP contribution is 2.19. The molecule has 0 aliphatic heterocycles. The predicted molar refractivity (Wildman–Crippen MR) is 52.0 cm³/mol. The van der Waals surface area contributed by atoms with Crippen LogP contribution in [0.3, 0.4) is 0 Å². The first-order valence-electron chi connectivity index (χ1n) is 5.03. The number of rotatable bonds is 3. The molecule has 1 aliphatic rings. The van der Waals surface area contributed by atoms with Gasteiger partial charge >= 0.3 is 5.97 Å². The molecule has 1 saturated carbocycles. The van der Waals surface area contributed by atoms with Crippen LogP contribution in [-0.4, -0.2) is 24.8 Å². The Morgan fingerprint density at radius 3 is 2.77 bits per heavy atom. The second-order valence-electron chi connectivity index (χ2n) is 3.32. The summed E-state index contributed by atoms with van der Waals surface area (Å²) in [7, 11) is 0. The number of aliphatic imine (C=N–C) groups is 1. The summed E-state index contributed by atoms with van der Waals surface area (Å²) >= 11 is 0. The van der Waals surface area contributed by atoms with Crippen molar-refractivity contribution in [1.29, 1.82) is 0 Å². The lowest BCUT2D eigenvalue weighted by atomic mass is 9.96. The summed E-state index contributed by atoms with van der Waals surface area (Å²) in [5, 5.41) is 0. The Balaban J connectivity index is 2.24. The summed E-state index contributed by atoms with van der Waals surface area (Å²) in [6.45, 7) is 2.22. The zero-order chi connectivity index (χ0) is 9.52. The molecule has 0 heterocycles. The van der Waals surface area contributed by atoms with Gasteiger partial charge in [0.05, 0.1) is 12.6 Å². The molecule has 0 saturated heterocycles. The Hall–Kier alpha value is -0.860. The molecule has 3 nitrogen and oxygen atoms in total.